The summed E-state index contributed by atoms with van der Waals surface area (Å²) in [4.78, 5) is 15.6. The summed E-state index contributed by atoms with van der Waals surface area (Å²) in [6.45, 7) is 0.421. The summed E-state index contributed by atoms with van der Waals surface area (Å²) in [7, 11) is 1.36. The number of nitrogens with zero attached hydrogens (tertiary/aromatic N) is 1. The summed E-state index contributed by atoms with van der Waals surface area (Å²) < 4.78 is 10.4. The number of carbonyl (C=O) groups is 1. The van der Waals surface area contributed by atoms with E-state index in [1.807, 2.05) is 41.8 Å². The molecular weight excluding hydrogens is 324 g/mol. The molecule has 2 N–H and O–H groups in total. The van der Waals surface area contributed by atoms with Gasteiger partial charge in [0, 0.05) is 10.9 Å². The van der Waals surface area contributed by atoms with Crippen molar-refractivity contribution in [2.24, 2.45) is 0 Å². The normalized spacial score (nSPS) is 10.4. The lowest BCUT2D eigenvalue weighted by atomic mass is 10.1. The molecule has 0 saturated heterocycles. The van der Waals surface area contributed by atoms with Gasteiger partial charge in [-0.25, -0.2) is 9.78 Å². The highest BCUT2D eigenvalue weighted by molar-refractivity contribution is 7.13. The molecule has 0 bridgehead atoms. The lowest BCUT2D eigenvalue weighted by Gasteiger charge is -2.07. The third-order valence-electron chi connectivity index (χ3n) is 3.45. The number of thiazole rings is 1. The van der Waals surface area contributed by atoms with Crippen LogP contribution in [0.25, 0.3) is 11.3 Å². The smallest absolute Gasteiger partial charge is 0.337 e. The molecule has 24 heavy (non-hydrogen) atoms. The zero-order chi connectivity index (χ0) is 16.9. The number of rotatable bonds is 5. The molecule has 6 heteroatoms. The average Bonchev–Trinajstić information content (AvgIpc) is 3.06. The molecule has 0 aliphatic rings. The fraction of sp³-hybridized carbons (Fsp3) is 0.111. The summed E-state index contributed by atoms with van der Waals surface area (Å²) in [5, 5.41) is 2.48. The van der Waals surface area contributed by atoms with Gasteiger partial charge >= 0.3 is 5.97 Å². The molecule has 1 aromatic heterocycles. The first kappa shape index (κ1) is 16.0. The van der Waals surface area contributed by atoms with Crippen LogP contribution in [0.3, 0.4) is 0 Å². The predicted molar refractivity (Wildman–Crippen MR) is 94.1 cm³/mol. The van der Waals surface area contributed by atoms with E-state index in [2.05, 4.69) is 9.72 Å². The van der Waals surface area contributed by atoms with E-state index in [-0.39, 0.29) is 5.97 Å². The van der Waals surface area contributed by atoms with Gasteiger partial charge in [0.15, 0.2) is 5.13 Å². The molecule has 0 aliphatic carbocycles. The van der Waals surface area contributed by atoms with Gasteiger partial charge in [-0.3, -0.25) is 0 Å². The molecule has 3 rings (SSSR count). The number of methoxy groups -OCH3 is 1. The number of aromatic nitrogens is 1. The second kappa shape index (κ2) is 7.14. The number of ether oxygens (including phenoxy) is 2. The Morgan fingerprint density at radius 3 is 2.42 bits per heavy atom. The summed E-state index contributed by atoms with van der Waals surface area (Å²) in [5.41, 5.74) is 9.00. The summed E-state index contributed by atoms with van der Waals surface area (Å²) in [6.07, 6.45) is 0. The average molecular weight is 340 g/mol. The maximum Gasteiger partial charge on any atom is 0.337 e. The van der Waals surface area contributed by atoms with E-state index < -0.39 is 0 Å². The number of esters is 1. The molecule has 0 unspecified atom stereocenters. The number of anilines is 1. The number of hydrogen-bond donors (Lipinski definition) is 1. The number of benzene rings is 2. The second-order valence-electron chi connectivity index (χ2n) is 5.07. The first-order chi connectivity index (χ1) is 11.7. The van der Waals surface area contributed by atoms with Gasteiger partial charge in [-0.1, -0.05) is 12.1 Å². The topological polar surface area (TPSA) is 74.4 Å². The Balaban J connectivity index is 1.61. The number of nitrogens with two attached hydrogens (primary N) is 1. The van der Waals surface area contributed by atoms with Gasteiger partial charge in [0.05, 0.1) is 18.4 Å². The van der Waals surface area contributed by atoms with Crippen molar-refractivity contribution in [2.75, 3.05) is 12.8 Å². The number of nitrogen functional groups attached to an aromatic ring is 1. The van der Waals surface area contributed by atoms with Crippen LogP contribution in [0.5, 0.6) is 5.75 Å². The van der Waals surface area contributed by atoms with Crippen LogP contribution in [0.1, 0.15) is 15.9 Å². The molecule has 0 saturated carbocycles. The quantitative estimate of drug-likeness (QED) is 0.716. The van der Waals surface area contributed by atoms with Gasteiger partial charge in [0.2, 0.25) is 0 Å². The van der Waals surface area contributed by atoms with Crippen molar-refractivity contribution in [3.05, 3.63) is 65.0 Å². The van der Waals surface area contributed by atoms with Gasteiger partial charge in [0.1, 0.15) is 12.4 Å². The molecular formula is C18H16N2O3S. The Hall–Kier alpha value is -2.86. The minimum Gasteiger partial charge on any atom is -0.489 e. The molecule has 0 fully saturated rings. The Morgan fingerprint density at radius 1 is 1.12 bits per heavy atom. The van der Waals surface area contributed by atoms with Gasteiger partial charge in [-0.05, 0) is 42.0 Å². The highest BCUT2D eigenvalue weighted by Gasteiger charge is 2.05. The Bertz CT molecular complexity index is 826. The fourth-order valence-corrected chi connectivity index (χ4v) is 2.74. The number of hydrogen-bond acceptors (Lipinski definition) is 6. The standard InChI is InChI=1S/C18H16N2O3S/c1-22-17(21)14-4-2-12(3-5-14)10-23-15-8-6-13(7-9-15)16-11-24-18(19)20-16/h2-9,11H,10H2,1H3,(H2,19,20). The van der Waals surface area contributed by atoms with Crippen molar-refractivity contribution < 1.29 is 14.3 Å². The monoisotopic (exact) mass is 340 g/mol. The summed E-state index contributed by atoms with van der Waals surface area (Å²) >= 11 is 1.42. The van der Waals surface area contributed by atoms with Gasteiger partial charge < -0.3 is 15.2 Å². The minimum absolute atomic E-state index is 0.347. The first-order valence-electron chi connectivity index (χ1n) is 7.27. The molecule has 0 amide bonds. The van der Waals surface area contributed by atoms with E-state index in [4.69, 9.17) is 10.5 Å². The lowest BCUT2D eigenvalue weighted by Crippen LogP contribution is -2.01. The summed E-state index contributed by atoms with van der Waals surface area (Å²) in [6, 6.07) is 14.8. The van der Waals surface area contributed by atoms with E-state index >= 15 is 0 Å². The SMILES string of the molecule is COC(=O)c1ccc(COc2ccc(-c3csc(N)n3)cc2)cc1. The molecule has 3 aromatic rings. The zero-order valence-corrected chi connectivity index (χ0v) is 13.9. The third-order valence-corrected chi connectivity index (χ3v) is 4.13. The maximum absolute atomic E-state index is 11.4. The highest BCUT2D eigenvalue weighted by Crippen LogP contribution is 2.25. The lowest BCUT2D eigenvalue weighted by molar-refractivity contribution is 0.0600. The summed E-state index contributed by atoms with van der Waals surface area (Å²) in [5.74, 6) is 0.416. The third kappa shape index (κ3) is 3.72. The Morgan fingerprint density at radius 2 is 1.83 bits per heavy atom. The molecule has 2 aromatic carbocycles. The first-order valence-corrected chi connectivity index (χ1v) is 8.15. The van der Waals surface area contributed by atoms with Gasteiger partial charge in [0.25, 0.3) is 0 Å². The largest absolute Gasteiger partial charge is 0.489 e. The number of carbonyl (C=O) groups excluding carboxylic acids is 1. The molecule has 0 radical (unpaired) electrons. The second-order valence-corrected chi connectivity index (χ2v) is 5.96. The van der Waals surface area contributed by atoms with Gasteiger partial charge in [-0.15, -0.1) is 11.3 Å². The van der Waals surface area contributed by atoms with Crippen LogP contribution in [-0.4, -0.2) is 18.1 Å². The molecule has 0 aliphatic heterocycles. The maximum atomic E-state index is 11.4. The van der Waals surface area contributed by atoms with E-state index in [1.165, 1.54) is 18.4 Å². The van der Waals surface area contributed by atoms with Crippen LogP contribution in [0.2, 0.25) is 0 Å². The Labute approximate surface area is 143 Å². The van der Waals surface area contributed by atoms with Crippen LogP contribution < -0.4 is 10.5 Å². The van der Waals surface area contributed by atoms with E-state index in [0.29, 0.717) is 17.3 Å². The fourth-order valence-electron chi connectivity index (χ4n) is 2.16. The van der Waals surface area contributed by atoms with E-state index in [0.717, 1.165) is 22.6 Å². The van der Waals surface area contributed by atoms with Crippen molar-refractivity contribution in [2.45, 2.75) is 6.61 Å². The van der Waals surface area contributed by atoms with E-state index in [1.54, 1.807) is 12.1 Å². The highest BCUT2D eigenvalue weighted by atomic mass is 32.1. The zero-order valence-electron chi connectivity index (χ0n) is 13.1. The molecule has 5 nitrogen and oxygen atoms in total. The predicted octanol–water partition coefficient (Wildman–Crippen LogP) is 3.76. The molecule has 122 valence electrons. The van der Waals surface area contributed by atoms with Crippen LogP contribution in [0.4, 0.5) is 5.13 Å². The molecule has 1 heterocycles. The van der Waals surface area contributed by atoms with Crippen molar-refractivity contribution in [3.63, 3.8) is 0 Å². The van der Waals surface area contributed by atoms with Crippen molar-refractivity contribution >= 4 is 22.4 Å². The van der Waals surface area contributed by atoms with Crippen LogP contribution in [-0.2, 0) is 11.3 Å². The van der Waals surface area contributed by atoms with Crippen molar-refractivity contribution in [3.8, 4) is 17.0 Å². The molecule has 0 atom stereocenters. The Kier molecular flexibility index (Phi) is 4.77. The van der Waals surface area contributed by atoms with Crippen molar-refractivity contribution in [1.29, 1.82) is 0 Å². The van der Waals surface area contributed by atoms with Gasteiger partial charge in [-0.2, -0.15) is 0 Å². The van der Waals surface area contributed by atoms with Crippen molar-refractivity contribution in [1.82, 2.24) is 4.98 Å². The van der Waals surface area contributed by atoms with Crippen LogP contribution in [0, 0.1) is 0 Å². The van der Waals surface area contributed by atoms with Crippen LogP contribution >= 0.6 is 11.3 Å². The van der Waals surface area contributed by atoms with Crippen LogP contribution in [0.15, 0.2) is 53.9 Å². The molecule has 0 spiro atoms. The van der Waals surface area contributed by atoms with E-state index in [9.17, 15) is 4.79 Å². The minimum atomic E-state index is -0.347.